The molecule has 0 aliphatic rings. The number of rotatable bonds is 8. The summed E-state index contributed by atoms with van der Waals surface area (Å²) in [7, 11) is 0. The molecule has 0 saturated carbocycles. The minimum atomic E-state index is -0.410. The largest absolute Gasteiger partial charge is 0.454 e. The Balaban J connectivity index is 1.65. The van der Waals surface area contributed by atoms with Crippen molar-refractivity contribution < 1.29 is 13.5 Å². The molecule has 0 spiro atoms. The number of halogens is 3. The van der Waals surface area contributed by atoms with Crippen molar-refractivity contribution in [3.8, 4) is 11.5 Å². The minimum absolute atomic E-state index is 0.137. The lowest BCUT2D eigenvalue weighted by Gasteiger charge is -2.14. The van der Waals surface area contributed by atoms with E-state index in [4.69, 9.17) is 16.3 Å². The van der Waals surface area contributed by atoms with Crippen LogP contribution in [0.5, 0.6) is 11.5 Å². The van der Waals surface area contributed by atoms with Gasteiger partial charge in [0, 0.05) is 5.92 Å². The Morgan fingerprint density at radius 3 is 2.45 bits per heavy atom. The Kier molecular flexibility index (Phi) is 7.42. The molecule has 0 aliphatic heterocycles. The molecule has 0 amide bonds. The van der Waals surface area contributed by atoms with Crippen molar-refractivity contribution in [2.45, 2.75) is 32.1 Å². The summed E-state index contributed by atoms with van der Waals surface area (Å²) >= 11 is 5.94. The Bertz CT molecular complexity index is 970. The highest BCUT2D eigenvalue weighted by Gasteiger charge is 2.12. The Hall–Kier alpha value is -2.65. The SMILES string of the molecule is CC=CC(CCCc1ccc(F)c(Oc2ccccc2)c1)c1ccc(F)c(Cl)c1. The third-order valence-corrected chi connectivity index (χ3v) is 5.03. The van der Waals surface area contributed by atoms with Crippen molar-refractivity contribution in [3.05, 3.63) is 107 Å². The van der Waals surface area contributed by atoms with E-state index in [0.717, 1.165) is 30.4 Å². The van der Waals surface area contributed by atoms with Gasteiger partial charge in [0.2, 0.25) is 0 Å². The minimum Gasteiger partial charge on any atom is -0.454 e. The van der Waals surface area contributed by atoms with E-state index in [2.05, 4.69) is 6.08 Å². The second kappa shape index (κ2) is 10.2. The summed E-state index contributed by atoms with van der Waals surface area (Å²) in [5.41, 5.74) is 2.00. The van der Waals surface area contributed by atoms with E-state index in [1.165, 1.54) is 12.1 Å². The van der Waals surface area contributed by atoms with Crippen molar-refractivity contribution in [1.29, 1.82) is 0 Å². The fourth-order valence-corrected chi connectivity index (χ4v) is 3.46. The number of aryl methyl sites for hydroxylation is 1. The van der Waals surface area contributed by atoms with Crippen molar-refractivity contribution in [1.82, 2.24) is 0 Å². The maximum atomic E-state index is 14.1. The van der Waals surface area contributed by atoms with Gasteiger partial charge in [0.05, 0.1) is 5.02 Å². The van der Waals surface area contributed by atoms with E-state index < -0.39 is 5.82 Å². The predicted octanol–water partition coefficient (Wildman–Crippen LogP) is 8.09. The third-order valence-electron chi connectivity index (χ3n) is 4.74. The first-order chi connectivity index (χ1) is 14.1. The first kappa shape index (κ1) is 21.1. The number of hydrogen-bond acceptors (Lipinski definition) is 1. The van der Waals surface area contributed by atoms with Gasteiger partial charge < -0.3 is 4.74 Å². The molecular weight excluding hydrogens is 390 g/mol. The molecule has 0 fully saturated rings. The van der Waals surface area contributed by atoms with Crippen LogP contribution in [-0.4, -0.2) is 0 Å². The van der Waals surface area contributed by atoms with Crippen LogP contribution in [0.4, 0.5) is 8.78 Å². The monoisotopic (exact) mass is 412 g/mol. The number of ether oxygens (including phenoxy) is 1. The van der Waals surface area contributed by atoms with Gasteiger partial charge in [-0.15, -0.1) is 0 Å². The molecule has 29 heavy (non-hydrogen) atoms. The summed E-state index contributed by atoms with van der Waals surface area (Å²) in [6.45, 7) is 1.96. The number of allylic oxidation sites excluding steroid dienone is 2. The zero-order chi connectivity index (χ0) is 20.6. The molecule has 1 nitrogen and oxygen atoms in total. The van der Waals surface area contributed by atoms with Crippen molar-refractivity contribution >= 4 is 11.6 Å². The molecular formula is C25H23ClF2O. The third kappa shape index (κ3) is 5.91. The summed E-state index contributed by atoms with van der Waals surface area (Å²) in [5.74, 6) is 0.185. The van der Waals surface area contributed by atoms with Crippen LogP contribution in [0, 0.1) is 11.6 Å². The Labute approximate surface area is 175 Å². The molecule has 1 atom stereocenters. The molecule has 0 radical (unpaired) electrons. The highest BCUT2D eigenvalue weighted by atomic mass is 35.5. The van der Waals surface area contributed by atoms with E-state index in [9.17, 15) is 8.78 Å². The average molecular weight is 413 g/mol. The summed E-state index contributed by atoms with van der Waals surface area (Å²) in [6, 6.07) is 19.0. The summed E-state index contributed by atoms with van der Waals surface area (Å²) in [6.07, 6.45) is 6.64. The van der Waals surface area contributed by atoms with E-state index in [1.807, 2.05) is 31.2 Å². The van der Waals surface area contributed by atoms with Crippen LogP contribution in [0.1, 0.15) is 36.8 Å². The highest BCUT2D eigenvalue weighted by molar-refractivity contribution is 6.30. The Morgan fingerprint density at radius 1 is 0.966 bits per heavy atom. The van der Waals surface area contributed by atoms with E-state index in [1.54, 1.807) is 36.4 Å². The van der Waals surface area contributed by atoms with Crippen LogP contribution < -0.4 is 4.74 Å². The van der Waals surface area contributed by atoms with Gasteiger partial charge in [-0.05, 0) is 73.7 Å². The molecule has 3 aromatic rings. The first-order valence-corrected chi connectivity index (χ1v) is 10.0. The van der Waals surface area contributed by atoms with Gasteiger partial charge in [0.15, 0.2) is 11.6 Å². The molecule has 0 aromatic heterocycles. The van der Waals surface area contributed by atoms with Crippen molar-refractivity contribution in [2.24, 2.45) is 0 Å². The second-order valence-corrected chi connectivity index (χ2v) is 7.29. The lowest BCUT2D eigenvalue weighted by Crippen LogP contribution is -1.98. The fourth-order valence-electron chi connectivity index (χ4n) is 3.27. The lowest BCUT2D eigenvalue weighted by atomic mass is 9.92. The zero-order valence-corrected chi connectivity index (χ0v) is 17.0. The van der Waals surface area contributed by atoms with Crippen LogP contribution >= 0.6 is 11.6 Å². The molecule has 0 saturated heterocycles. The maximum Gasteiger partial charge on any atom is 0.165 e. The van der Waals surface area contributed by atoms with Gasteiger partial charge in [-0.25, -0.2) is 8.78 Å². The normalized spacial score (nSPS) is 12.3. The van der Waals surface area contributed by atoms with Crippen LogP contribution in [0.15, 0.2) is 78.9 Å². The summed E-state index contributed by atoms with van der Waals surface area (Å²) in [4.78, 5) is 0. The topological polar surface area (TPSA) is 9.23 Å². The van der Waals surface area contributed by atoms with Crippen LogP contribution in [0.3, 0.4) is 0 Å². The second-order valence-electron chi connectivity index (χ2n) is 6.88. The summed E-state index contributed by atoms with van der Waals surface area (Å²) in [5, 5.41) is 0.137. The van der Waals surface area contributed by atoms with Crippen LogP contribution in [0.25, 0.3) is 0 Å². The molecule has 0 N–H and O–H groups in total. The van der Waals surface area contributed by atoms with E-state index >= 15 is 0 Å². The molecule has 1 unspecified atom stereocenters. The molecule has 4 heteroatoms. The van der Waals surface area contributed by atoms with E-state index in [0.29, 0.717) is 5.75 Å². The number of para-hydroxylation sites is 1. The van der Waals surface area contributed by atoms with Gasteiger partial charge in [-0.2, -0.15) is 0 Å². The standard InChI is InChI=1S/C25H23ClF2O/c1-2-7-19(20-13-15-23(27)22(26)17-20)9-6-8-18-12-14-24(28)25(16-18)29-21-10-4-3-5-11-21/h2-5,7,10-17,19H,6,8-9H2,1H3. The predicted molar refractivity (Wildman–Crippen MR) is 115 cm³/mol. The van der Waals surface area contributed by atoms with Crippen LogP contribution in [-0.2, 0) is 6.42 Å². The lowest BCUT2D eigenvalue weighted by molar-refractivity contribution is 0.441. The molecule has 150 valence electrons. The van der Waals surface area contributed by atoms with Crippen molar-refractivity contribution in [2.75, 3.05) is 0 Å². The van der Waals surface area contributed by atoms with E-state index in [-0.39, 0.29) is 22.5 Å². The Morgan fingerprint density at radius 2 is 1.72 bits per heavy atom. The number of hydrogen-bond donors (Lipinski definition) is 0. The molecule has 0 aliphatic carbocycles. The zero-order valence-electron chi connectivity index (χ0n) is 16.2. The van der Waals surface area contributed by atoms with Gasteiger partial charge in [0.1, 0.15) is 11.6 Å². The molecule has 3 aromatic carbocycles. The van der Waals surface area contributed by atoms with Gasteiger partial charge in [0.25, 0.3) is 0 Å². The van der Waals surface area contributed by atoms with Gasteiger partial charge in [-0.3, -0.25) is 0 Å². The highest BCUT2D eigenvalue weighted by Crippen LogP contribution is 2.29. The number of benzene rings is 3. The molecule has 0 bridgehead atoms. The first-order valence-electron chi connectivity index (χ1n) is 9.66. The van der Waals surface area contributed by atoms with Crippen LogP contribution in [0.2, 0.25) is 5.02 Å². The molecule has 0 heterocycles. The molecule has 3 rings (SSSR count). The average Bonchev–Trinajstić information content (AvgIpc) is 2.72. The smallest absolute Gasteiger partial charge is 0.165 e. The maximum absolute atomic E-state index is 14.1. The van der Waals surface area contributed by atoms with Gasteiger partial charge in [-0.1, -0.05) is 54.1 Å². The quantitative estimate of drug-likeness (QED) is 0.339. The summed E-state index contributed by atoms with van der Waals surface area (Å²) < 4.78 is 33.2. The fraction of sp³-hybridized carbons (Fsp3) is 0.200. The van der Waals surface area contributed by atoms with Gasteiger partial charge >= 0.3 is 0 Å². The van der Waals surface area contributed by atoms with Crippen molar-refractivity contribution in [3.63, 3.8) is 0 Å².